The van der Waals surface area contributed by atoms with Crippen LogP contribution in [0, 0.1) is 6.92 Å². The first-order valence-electron chi connectivity index (χ1n) is 8.93. The maximum atomic E-state index is 12.0. The van der Waals surface area contributed by atoms with E-state index in [1.807, 2.05) is 13.0 Å². The predicted octanol–water partition coefficient (Wildman–Crippen LogP) is 3.99. The summed E-state index contributed by atoms with van der Waals surface area (Å²) in [6, 6.07) is 1.95. The highest BCUT2D eigenvalue weighted by atomic mass is 16.5. The standard InChI is InChI=1S/C18H28N4O2/c1-4-6-7-8-9-10-11-19-16-12-14(3)21-17-15(13-20-22(16)17)18(23)24-5-2/h12-13,19H,4-11H2,1-3H3. The van der Waals surface area contributed by atoms with E-state index in [1.54, 1.807) is 11.4 Å². The van der Waals surface area contributed by atoms with Gasteiger partial charge in [-0.2, -0.15) is 9.61 Å². The number of hydrogen-bond donors (Lipinski definition) is 1. The number of nitrogens with one attached hydrogen (secondary N) is 1. The minimum atomic E-state index is -0.382. The second-order valence-electron chi connectivity index (χ2n) is 5.99. The number of unbranched alkanes of at least 4 members (excludes halogenated alkanes) is 5. The highest BCUT2D eigenvalue weighted by molar-refractivity contribution is 5.95. The number of fused-ring (bicyclic) bond motifs is 1. The van der Waals surface area contributed by atoms with Crippen molar-refractivity contribution in [2.24, 2.45) is 0 Å². The van der Waals surface area contributed by atoms with Crippen LogP contribution < -0.4 is 5.32 Å². The van der Waals surface area contributed by atoms with Gasteiger partial charge in [-0.25, -0.2) is 9.78 Å². The largest absolute Gasteiger partial charge is 0.462 e. The van der Waals surface area contributed by atoms with E-state index in [0.717, 1.165) is 24.5 Å². The summed E-state index contributed by atoms with van der Waals surface area (Å²) in [4.78, 5) is 16.4. The van der Waals surface area contributed by atoms with E-state index >= 15 is 0 Å². The van der Waals surface area contributed by atoms with Crippen LogP contribution >= 0.6 is 0 Å². The molecule has 0 saturated heterocycles. The summed E-state index contributed by atoms with van der Waals surface area (Å²) in [5.41, 5.74) is 1.79. The molecule has 0 spiro atoms. The van der Waals surface area contributed by atoms with Crippen molar-refractivity contribution in [1.82, 2.24) is 14.6 Å². The molecular weight excluding hydrogens is 304 g/mol. The van der Waals surface area contributed by atoms with E-state index in [1.165, 1.54) is 38.3 Å². The Labute approximate surface area is 143 Å². The summed E-state index contributed by atoms with van der Waals surface area (Å²) >= 11 is 0. The van der Waals surface area contributed by atoms with Gasteiger partial charge in [0.1, 0.15) is 11.4 Å². The molecular formula is C18H28N4O2. The lowest BCUT2D eigenvalue weighted by molar-refractivity contribution is 0.0528. The van der Waals surface area contributed by atoms with Crippen LogP contribution in [0.25, 0.3) is 5.65 Å². The maximum Gasteiger partial charge on any atom is 0.343 e. The van der Waals surface area contributed by atoms with Gasteiger partial charge in [0, 0.05) is 18.3 Å². The lowest BCUT2D eigenvalue weighted by Gasteiger charge is -2.09. The normalized spacial score (nSPS) is 11.0. The molecule has 0 radical (unpaired) electrons. The predicted molar refractivity (Wildman–Crippen MR) is 95.5 cm³/mol. The number of carbonyl (C=O) groups excluding carboxylic acids is 1. The minimum absolute atomic E-state index is 0.338. The van der Waals surface area contributed by atoms with Gasteiger partial charge in [-0.05, 0) is 20.3 Å². The first-order chi connectivity index (χ1) is 11.7. The lowest BCUT2D eigenvalue weighted by atomic mass is 10.1. The molecule has 2 heterocycles. The molecule has 132 valence electrons. The fourth-order valence-corrected chi connectivity index (χ4v) is 2.68. The second-order valence-corrected chi connectivity index (χ2v) is 5.99. The van der Waals surface area contributed by atoms with E-state index in [9.17, 15) is 4.79 Å². The Morgan fingerprint density at radius 3 is 2.71 bits per heavy atom. The molecule has 0 bridgehead atoms. The van der Waals surface area contributed by atoms with Crippen LogP contribution in [0.4, 0.5) is 5.82 Å². The Hall–Kier alpha value is -2.11. The van der Waals surface area contributed by atoms with Gasteiger partial charge in [0.25, 0.3) is 0 Å². The van der Waals surface area contributed by atoms with Crippen molar-refractivity contribution in [2.75, 3.05) is 18.5 Å². The molecule has 2 aromatic heterocycles. The van der Waals surface area contributed by atoms with Gasteiger partial charge in [0.15, 0.2) is 5.65 Å². The van der Waals surface area contributed by atoms with Crippen molar-refractivity contribution < 1.29 is 9.53 Å². The molecule has 24 heavy (non-hydrogen) atoms. The fourth-order valence-electron chi connectivity index (χ4n) is 2.68. The highest BCUT2D eigenvalue weighted by Crippen LogP contribution is 2.17. The zero-order chi connectivity index (χ0) is 17.4. The first kappa shape index (κ1) is 18.2. The maximum absolute atomic E-state index is 12.0. The van der Waals surface area contributed by atoms with Gasteiger partial charge < -0.3 is 10.1 Å². The average molecular weight is 332 g/mol. The third-order valence-electron chi connectivity index (χ3n) is 3.93. The Morgan fingerprint density at radius 1 is 1.21 bits per heavy atom. The van der Waals surface area contributed by atoms with Gasteiger partial charge in [-0.3, -0.25) is 0 Å². The van der Waals surface area contributed by atoms with Crippen LogP contribution in [0.3, 0.4) is 0 Å². The second kappa shape index (κ2) is 9.25. The van der Waals surface area contributed by atoms with E-state index in [2.05, 4.69) is 22.3 Å². The van der Waals surface area contributed by atoms with Crippen LogP contribution in [-0.4, -0.2) is 33.7 Å². The van der Waals surface area contributed by atoms with E-state index in [0.29, 0.717) is 17.8 Å². The Bertz CT molecular complexity index is 666. The molecule has 6 heteroatoms. The Kier molecular flexibility index (Phi) is 7.03. The Balaban J connectivity index is 2.01. The number of rotatable bonds is 10. The molecule has 0 amide bonds. The number of esters is 1. The van der Waals surface area contributed by atoms with Crippen molar-refractivity contribution in [3.8, 4) is 0 Å². The number of hydrogen-bond acceptors (Lipinski definition) is 5. The number of anilines is 1. The zero-order valence-electron chi connectivity index (χ0n) is 15.0. The van der Waals surface area contributed by atoms with Crippen molar-refractivity contribution in [1.29, 1.82) is 0 Å². The number of aryl methyl sites for hydroxylation is 1. The van der Waals surface area contributed by atoms with Gasteiger partial charge in [0.05, 0.1) is 12.8 Å². The van der Waals surface area contributed by atoms with Crippen molar-refractivity contribution in [3.63, 3.8) is 0 Å². The molecule has 1 N–H and O–H groups in total. The summed E-state index contributed by atoms with van der Waals surface area (Å²) in [5, 5.41) is 7.71. The first-order valence-corrected chi connectivity index (χ1v) is 8.93. The molecule has 2 rings (SSSR count). The highest BCUT2D eigenvalue weighted by Gasteiger charge is 2.17. The van der Waals surface area contributed by atoms with Crippen molar-refractivity contribution in [3.05, 3.63) is 23.5 Å². The smallest absolute Gasteiger partial charge is 0.343 e. The number of carbonyl (C=O) groups is 1. The zero-order valence-corrected chi connectivity index (χ0v) is 15.0. The van der Waals surface area contributed by atoms with E-state index < -0.39 is 0 Å². The van der Waals surface area contributed by atoms with Gasteiger partial charge in [-0.1, -0.05) is 39.0 Å². The van der Waals surface area contributed by atoms with Crippen LogP contribution in [0.5, 0.6) is 0 Å². The topological polar surface area (TPSA) is 68.5 Å². The summed E-state index contributed by atoms with van der Waals surface area (Å²) in [5.74, 6) is 0.481. The molecule has 2 aromatic rings. The van der Waals surface area contributed by atoms with E-state index in [4.69, 9.17) is 4.74 Å². The number of ether oxygens (including phenoxy) is 1. The Morgan fingerprint density at radius 2 is 1.96 bits per heavy atom. The van der Waals surface area contributed by atoms with E-state index in [-0.39, 0.29) is 5.97 Å². The molecule has 0 aromatic carbocycles. The lowest BCUT2D eigenvalue weighted by Crippen LogP contribution is -2.09. The third kappa shape index (κ3) is 4.69. The quantitative estimate of drug-likeness (QED) is 0.526. The minimum Gasteiger partial charge on any atom is -0.462 e. The molecule has 0 fully saturated rings. The van der Waals surface area contributed by atoms with Gasteiger partial charge in [-0.15, -0.1) is 0 Å². The SMILES string of the molecule is CCCCCCCCNc1cc(C)nc2c(C(=O)OCC)cnn12. The molecule has 0 aliphatic heterocycles. The van der Waals surface area contributed by atoms with Crippen molar-refractivity contribution in [2.45, 2.75) is 59.3 Å². The fraction of sp³-hybridized carbons (Fsp3) is 0.611. The number of nitrogens with zero attached hydrogens (tertiary/aromatic N) is 3. The van der Waals surface area contributed by atoms with Crippen LogP contribution in [0.1, 0.15) is 68.4 Å². The summed E-state index contributed by atoms with van der Waals surface area (Å²) in [7, 11) is 0. The molecule has 0 aliphatic carbocycles. The van der Waals surface area contributed by atoms with Crippen LogP contribution in [-0.2, 0) is 4.74 Å². The van der Waals surface area contributed by atoms with Gasteiger partial charge >= 0.3 is 5.97 Å². The number of aromatic nitrogens is 3. The molecule has 0 aliphatic rings. The van der Waals surface area contributed by atoms with Crippen LogP contribution in [0.15, 0.2) is 12.3 Å². The average Bonchev–Trinajstić information content (AvgIpc) is 2.98. The summed E-state index contributed by atoms with van der Waals surface area (Å²) in [6.07, 6.45) is 9.07. The summed E-state index contributed by atoms with van der Waals surface area (Å²) in [6.45, 7) is 7.16. The monoisotopic (exact) mass is 332 g/mol. The van der Waals surface area contributed by atoms with Gasteiger partial charge in [0.2, 0.25) is 0 Å². The van der Waals surface area contributed by atoms with Crippen molar-refractivity contribution >= 4 is 17.4 Å². The summed E-state index contributed by atoms with van der Waals surface area (Å²) < 4.78 is 6.74. The molecule has 6 nitrogen and oxygen atoms in total. The molecule has 0 saturated carbocycles. The third-order valence-corrected chi connectivity index (χ3v) is 3.93. The molecule has 0 atom stereocenters. The van der Waals surface area contributed by atoms with Crippen LogP contribution in [0.2, 0.25) is 0 Å². The molecule has 0 unspecified atom stereocenters.